The summed E-state index contributed by atoms with van der Waals surface area (Å²) in [5.74, 6) is -1.12. The van der Waals surface area contributed by atoms with Crippen molar-refractivity contribution in [1.29, 1.82) is 0 Å². The monoisotopic (exact) mass is 391 g/mol. The highest BCUT2D eigenvalue weighted by molar-refractivity contribution is 9.10. The number of hydrogen-bond acceptors (Lipinski definition) is 5. The molecule has 0 saturated carbocycles. The molecule has 0 radical (unpaired) electrons. The van der Waals surface area contributed by atoms with Crippen molar-refractivity contribution in [1.82, 2.24) is 0 Å². The molecule has 0 spiro atoms. The van der Waals surface area contributed by atoms with Gasteiger partial charge < -0.3 is 4.74 Å². The molecule has 2 aromatic rings. The first-order chi connectivity index (χ1) is 11.4. The molecule has 0 aliphatic rings. The molecule has 0 saturated heterocycles. The first-order valence-electron chi connectivity index (χ1n) is 7.15. The number of aryl methyl sites for hydroxylation is 1. The fraction of sp³-hybridized carbons (Fsp3) is 0.176. The van der Waals surface area contributed by atoms with Crippen LogP contribution in [-0.4, -0.2) is 23.3 Å². The number of carbonyl (C=O) groups is 2. The first-order valence-corrected chi connectivity index (χ1v) is 7.95. The second-order valence-electron chi connectivity index (χ2n) is 4.97. The largest absolute Gasteiger partial charge is 0.454 e. The predicted molar refractivity (Wildman–Crippen MR) is 91.2 cm³/mol. The Labute approximate surface area is 146 Å². The van der Waals surface area contributed by atoms with Crippen LogP contribution in [-0.2, 0) is 11.2 Å². The lowest BCUT2D eigenvalue weighted by Gasteiger charge is -2.05. The summed E-state index contributed by atoms with van der Waals surface area (Å²) in [5, 5.41) is 10.9. The normalized spacial score (nSPS) is 10.2. The van der Waals surface area contributed by atoms with Crippen LogP contribution in [0.5, 0.6) is 0 Å². The average molecular weight is 392 g/mol. The van der Waals surface area contributed by atoms with E-state index in [9.17, 15) is 19.7 Å². The lowest BCUT2D eigenvalue weighted by atomic mass is 10.1. The lowest BCUT2D eigenvalue weighted by molar-refractivity contribution is -0.385. The number of carbonyl (C=O) groups excluding carboxylic acids is 2. The van der Waals surface area contributed by atoms with E-state index in [1.807, 2.05) is 19.1 Å². The van der Waals surface area contributed by atoms with Gasteiger partial charge >= 0.3 is 5.97 Å². The number of benzene rings is 2. The molecule has 0 atom stereocenters. The molecule has 0 aromatic heterocycles. The van der Waals surface area contributed by atoms with Crippen LogP contribution in [0.4, 0.5) is 5.69 Å². The lowest BCUT2D eigenvalue weighted by Crippen LogP contribution is -2.14. The SMILES string of the molecule is CCc1ccc(C(=O)COC(=O)c2ccc(Br)c([N+](=O)[O-])c2)cc1. The van der Waals surface area contributed by atoms with E-state index in [0.717, 1.165) is 18.1 Å². The summed E-state index contributed by atoms with van der Waals surface area (Å²) in [4.78, 5) is 34.2. The van der Waals surface area contributed by atoms with Crippen LogP contribution >= 0.6 is 15.9 Å². The summed E-state index contributed by atoms with van der Waals surface area (Å²) in [7, 11) is 0. The number of ketones is 1. The fourth-order valence-corrected chi connectivity index (χ4v) is 2.40. The van der Waals surface area contributed by atoms with Gasteiger partial charge in [-0.05, 0) is 40.0 Å². The highest BCUT2D eigenvalue weighted by Crippen LogP contribution is 2.25. The van der Waals surface area contributed by atoms with Crippen LogP contribution in [0.3, 0.4) is 0 Å². The van der Waals surface area contributed by atoms with Gasteiger partial charge in [0.2, 0.25) is 0 Å². The summed E-state index contributed by atoms with van der Waals surface area (Å²) < 4.78 is 5.21. The van der Waals surface area contributed by atoms with E-state index >= 15 is 0 Å². The Morgan fingerprint density at radius 1 is 1.12 bits per heavy atom. The number of nitro benzene ring substituents is 1. The van der Waals surface area contributed by atoms with Gasteiger partial charge in [-0.2, -0.15) is 0 Å². The molecule has 7 heteroatoms. The molecule has 24 heavy (non-hydrogen) atoms. The second kappa shape index (κ2) is 7.83. The molecule has 0 aliphatic heterocycles. The highest BCUT2D eigenvalue weighted by atomic mass is 79.9. The van der Waals surface area contributed by atoms with Crippen LogP contribution in [0.15, 0.2) is 46.9 Å². The summed E-state index contributed by atoms with van der Waals surface area (Å²) in [6, 6.07) is 10.9. The Balaban J connectivity index is 2.03. The van der Waals surface area contributed by atoms with Crippen LogP contribution in [0, 0.1) is 10.1 Å². The third kappa shape index (κ3) is 4.26. The third-order valence-corrected chi connectivity index (χ3v) is 4.07. The summed E-state index contributed by atoms with van der Waals surface area (Å²) in [6.07, 6.45) is 0.867. The van der Waals surface area contributed by atoms with Crippen LogP contribution in [0.1, 0.15) is 33.2 Å². The minimum absolute atomic E-state index is 0.0130. The molecule has 0 N–H and O–H groups in total. The number of esters is 1. The Kier molecular flexibility index (Phi) is 5.81. The van der Waals surface area contributed by atoms with Gasteiger partial charge in [0, 0.05) is 11.6 Å². The first kappa shape index (κ1) is 17.8. The Hall–Kier alpha value is -2.54. The maximum absolute atomic E-state index is 12.0. The van der Waals surface area contributed by atoms with Gasteiger partial charge in [0.25, 0.3) is 5.69 Å². The Morgan fingerprint density at radius 2 is 1.75 bits per heavy atom. The molecule has 0 amide bonds. The molecular formula is C17H14BrNO5. The topological polar surface area (TPSA) is 86.5 Å². The van der Waals surface area contributed by atoms with Gasteiger partial charge in [0.15, 0.2) is 12.4 Å². The standard InChI is InChI=1S/C17H14BrNO5/c1-2-11-3-5-12(6-4-11)16(20)10-24-17(21)13-7-8-14(18)15(9-13)19(22)23/h3-9H,2,10H2,1H3. The van der Waals surface area contributed by atoms with Crippen molar-refractivity contribution < 1.29 is 19.2 Å². The average Bonchev–Trinajstić information content (AvgIpc) is 2.59. The van der Waals surface area contributed by atoms with Gasteiger partial charge in [-0.3, -0.25) is 14.9 Å². The number of halogens is 1. The van der Waals surface area contributed by atoms with E-state index in [2.05, 4.69) is 15.9 Å². The predicted octanol–water partition coefficient (Wildman–Crippen LogP) is 3.96. The van der Waals surface area contributed by atoms with Crippen molar-refractivity contribution in [3.8, 4) is 0 Å². The number of rotatable bonds is 6. The molecule has 6 nitrogen and oxygen atoms in total. The zero-order chi connectivity index (χ0) is 17.7. The number of nitrogens with zero attached hydrogens (tertiary/aromatic N) is 1. The fourth-order valence-electron chi connectivity index (χ4n) is 2.00. The van der Waals surface area contributed by atoms with Crippen molar-refractivity contribution in [3.63, 3.8) is 0 Å². The van der Waals surface area contributed by atoms with E-state index in [1.165, 1.54) is 12.1 Å². The van der Waals surface area contributed by atoms with E-state index in [1.54, 1.807) is 12.1 Å². The maximum Gasteiger partial charge on any atom is 0.338 e. The van der Waals surface area contributed by atoms with Gasteiger partial charge in [0.1, 0.15) is 0 Å². The molecule has 0 aliphatic carbocycles. The maximum atomic E-state index is 12.0. The minimum Gasteiger partial charge on any atom is -0.454 e. The molecule has 0 fully saturated rings. The van der Waals surface area contributed by atoms with E-state index in [-0.39, 0.29) is 21.5 Å². The van der Waals surface area contributed by atoms with Crippen LogP contribution in [0.2, 0.25) is 0 Å². The van der Waals surface area contributed by atoms with Crippen molar-refractivity contribution in [2.24, 2.45) is 0 Å². The molecule has 2 rings (SSSR count). The number of nitro groups is 1. The van der Waals surface area contributed by atoms with Gasteiger partial charge in [-0.25, -0.2) is 4.79 Å². The number of hydrogen-bond donors (Lipinski definition) is 0. The van der Waals surface area contributed by atoms with Crippen molar-refractivity contribution in [3.05, 3.63) is 73.7 Å². The van der Waals surface area contributed by atoms with Gasteiger partial charge in [-0.1, -0.05) is 31.2 Å². The molecule has 2 aromatic carbocycles. The van der Waals surface area contributed by atoms with Crippen molar-refractivity contribution >= 4 is 33.4 Å². The summed E-state index contributed by atoms with van der Waals surface area (Å²) in [5.41, 5.74) is 1.32. The minimum atomic E-state index is -0.788. The van der Waals surface area contributed by atoms with E-state index < -0.39 is 17.5 Å². The molecule has 0 heterocycles. The molecular weight excluding hydrogens is 378 g/mol. The zero-order valence-corrected chi connectivity index (χ0v) is 14.4. The van der Waals surface area contributed by atoms with Gasteiger partial charge in [-0.15, -0.1) is 0 Å². The van der Waals surface area contributed by atoms with E-state index in [0.29, 0.717) is 5.56 Å². The van der Waals surface area contributed by atoms with Crippen molar-refractivity contribution in [2.45, 2.75) is 13.3 Å². The second-order valence-corrected chi connectivity index (χ2v) is 5.83. The quantitative estimate of drug-likeness (QED) is 0.322. The summed E-state index contributed by atoms with van der Waals surface area (Å²) in [6.45, 7) is 1.59. The summed E-state index contributed by atoms with van der Waals surface area (Å²) >= 11 is 3.04. The van der Waals surface area contributed by atoms with Crippen LogP contribution < -0.4 is 0 Å². The Bertz CT molecular complexity index is 786. The zero-order valence-electron chi connectivity index (χ0n) is 12.8. The van der Waals surface area contributed by atoms with Crippen LogP contribution in [0.25, 0.3) is 0 Å². The Morgan fingerprint density at radius 3 is 2.33 bits per heavy atom. The van der Waals surface area contributed by atoms with Crippen molar-refractivity contribution in [2.75, 3.05) is 6.61 Å². The number of ether oxygens (including phenoxy) is 1. The third-order valence-electron chi connectivity index (χ3n) is 3.40. The van der Waals surface area contributed by atoms with Gasteiger partial charge in [0.05, 0.1) is 15.0 Å². The molecule has 0 unspecified atom stereocenters. The molecule has 0 bridgehead atoms. The highest BCUT2D eigenvalue weighted by Gasteiger charge is 2.18. The number of Topliss-reactive ketones (excluding diaryl/α,β-unsaturated/α-hetero) is 1. The smallest absolute Gasteiger partial charge is 0.338 e. The molecule has 124 valence electrons. The van der Waals surface area contributed by atoms with E-state index in [4.69, 9.17) is 4.74 Å².